The second-order valence-corrected chi connectivity index (χ2v) is 8.54. The first-order valence-electron chi connectivity index (χ1n) is 8.79. The summed E-state index contributed by atoms with van der Waals surface area (Å²) in [6.45, 7) is 6.95. The van der Waals surface area contributed by atoms with Crippen molar-refractivity contribution in [2.24, 2.45) is 0 Å². The first kappa shape index (κ1) is 19.5. The Bertz CT molecular complexity index is 866. The maximum absolute atomic E-state index is 13.0. The van der Waals surface area contributed by atoms with Crippen molar-refractivity contribution in [2.45, 2.75) is 30.7 Å². The summed E-state index contributed by atoms with van der Waals surface area (Å²) < 4.78 is 32.8. The lowest BCUT2D eigenvalue weighted by atomic mass is 10.2. The van der Waals surface area contributed by atoms with Gasteiger partial charge in [-0.15, -0.1) is 12.4 Å². The van der Waals surface area contributed by atoms with Crippen LogP contribution in [0.3, 0.4) is 0 Å². The lowest BCUT2D eigenvalue weighted by Gasteiger charge is -2.32. The fourth-order valence-corrected chi connectivity index (χ4v) is 5.14. The highest BCUT2D eigenvalue weighted by Gasteiger charge is 2.36. The zero-order chi connectivity index (χ0) is 17.4. The van der Waals surface area contributed by atoms with Gasteiger partial charge in [0.2, 0.25) is 10.0 Å². The number of halogens is 1. The molecule has 2 aliphatic rings. The largest absolute Gasteiger partial charge is 0.336 e. The highest BCUT2D eigenvalue weighted by Crippen LogP contribution is 2.26. The summed E-state index contributed by atoms with van der Waals surface area (Å²) in [6.07, 6.45) is 2.93. The van der Waals surface area contributed by atoms with E-state index in [1.54, 1.807) is 10.4 Å². The maximum Gasteiger partial charge on any atom is 0.258 e. The van der Waals surface area contributed by atoms with Crippen molar-refractivity contribution in [1.82, 2.24) is 24.7 Å². The SMILES string of the molecule is CCc1noc2ncc(S(=O)(=O)N3CCC(N4CCNCC4)C3)cc12.Cl. The van der Waals surface area contributed by atoms with Crippen LogP contribution in [0.15, 0.2) is 21.7 Å². The lowest BCUT2D eigenvalue weighted by Crippen LogP contribution is -2.49. The Balaban J connectivity index is 0.00000196. The van der Waals surface area contributed by atoms with Crippen molar-refractivity contribution >= 4 is 33.5 Å². The fraction of sp³-hybridized carbons (Fsp3) is 0.625. The van der Waals surface area contributed by atoms with Gasteiger partial charge >= 0.3 is 0 Å². The molecule has 0 aromatic carbocycles. The van der Waals surface area contributed by atoms with Gasteiger partial charge in [0, 0.05) is 45.3 Å². The van der Waals surface area contributed by atoms with Crippen molar-refractivity contribution in [3.63, 3.8) is 0 Å². The van der Waals surface area contributed by atoms with E-state index in [1.807, 2.05) is 6.92 Å². The Hall–Kier alpha value is -1.26. The van der Waals surface area contributed by atoms with Gasteiger partial charge in [-0.2, -0.15) is 4.31 Å². The summed E-state index contributed by atoms with van der Waals surface area (Å²) in [5, 5.41) is 7.97. The van der Waals surface area contributed by atoms with Crippen LogP contribution in [-0.4, -0.2) is 73.1 Å². The molecule has 0 saturated carbocycles. The minimum atomic E-state index is -3.55. The van der Waals surface area contributed by atoms with Crippen molar-refractivity contribution < 1.29 is 12.9 Å². The molecule has 1 N–H and O–H groups in total. The summed E-state index contributed by atoms with van der Waals surface area (Å²) in [4.78, 5) is 6.76. The van der Waals surface area contributed by atoms with Gasteiger partial charge in [0.05, 0.1) is 17.3 Å². The number of nitrogens with one attached hydrogen (secondary N) is 1. The van der Waals surface area contributed by atoms with Gasteiger partial charge in [-0.05, 0) is 18.9 Å². The first-order chi connectivity index (χ1) is 12.1. The van der Waals surface area contributed by atoms with Crippen molar-refractivity contribution in [2.75, 3.05) is 39.3 Å². The maximum atomic E-state index is 13.0. The normalized spacial score (nSPS) is 22.6. The smallest absolute Gasteiger partial charge is 0.258 e. The molecular weight excluding hydrogens is 378 g/mol. The molecule has 4 heterocycles. The lowest BCUT2D eigenvalue weighted by molar-refractivity contribution is 0.179. The van der Waals surface area contributed by atoms with E-state index < -0.39 is 10.0 Å². The molecule has 2 aromatic heterocycles. The van der Waals surface area contributed by atoms with Gasteiger partial charge in [-0.1, -0.05) is 12.1 Å². The van der Waals surface area contributed by atoms with Crippen molar-refractivity contribution in [1.29, 1.82) is 0 Å². The van der Waals surface area contributed by atoms with Crippen LogP contribution in [-0.2, 0) is 16.4 Å². The number of hydrogen-bond acceptors (Lipinski definition) is 7. The standard InChI is InChI=1S/C16H23N5O3S.ClH/c1-2-15-14-9-13(10-18-16(14)24-19-15)25(22,23)21-6-3-12(11-21)20-7-4-17-5-8-20;/h9-10,12,17H,2-8,11H2,1H3;1H. The van der Waals surface area contributed by atoms with Gasteiger partial charge in [0.15, 0.2) is 0 Å². The number of pyridine rings is 1. The van der Waals surface area contributed by atoms with Gasteiger partial charge in [-0.3, -0.25) is 4.90 Å². The topological polar surface area (TPSA) is 91.6 Å². The monoisotopic (exact) mass is 401 g/mol. The number of fused-ring (bicyclic) bond motifs is 1. The van der Waals surface area contributed by atoms with E-state index in [0.717, 1.165) is 38.3 Å². The molecule has 0 amide bonds. The molecule has 4 rings (SSSR count). The van der Waals surface area contributed by atoms with E-state index in [4.69, 9.17) is 4.52 Å². The number of hydrogen-bond donors (Lipinski definition) is 1. The van der Waals surface area contributed by atoms with Crippen LogP contribution in [0.2, 0.25) is 0 Å². The molecule has 26 heavy (non-hydrogen) atoms. The Kier molecular flexibility index (Phi) is 5.83. The van der Waals surface area contributed by atoms with Crippen LogP contribution in [0.1, 0.15) is 19.0 Å². The Labute approximate surface area is 159 Å². The van der Waals surface area contributed by atoms with Crippen LogP contribution in [0, 0.1) is 0 Å². The second kappa shape index (κ2) is 7.77. The predicted octanol–water partition coefficient (Wildman–Crippen LogP) is 0.875. The van der Waals surface area contributed by atoms with Gasteiger partial charge < -0.3 is 9.84 Å². The third-order valence-corrected chi connectivity index (χ3v) is 6.98. The third-order valence-electron chi connectivity index (χ3n) is 5.15. The molecule has 2 aliphatic heterocycles. The highest BCUT2D eigenvalue weighted by molar-refractivity contribution is 7.89. The van der Waals surface area contributed by atoms with E-state index >= 15 is 0 Å². The van der Waals surface area contributed by atoms with Crippen LogP contribution in [0.25, 0.3) is 11.1 Å². The Morgan fingerprint density at radius 3 is 2.81 bits per heavy atom. The summed E-state index contributed by atoms with van der Waals surface area (Å²) in [7, 11) is -3.55. The van der Waals surface area contributed by atoms with E-state index in [9.17, 15) is 8.42 Å². The average molecular weight is 402 g/mol. The van der Waals surface area contributed by atoms with Crippen LogP contribution >= 0.6 is 12.4 Å². The fourth-order valence-electron chi connectivity index (χ4n) is 3.68. The number of nitrogens with zero attached hydrogens (tertiary/aromatic N) is 4. The molecule has 0 spiro atoms. The summed E-state index contributed by atoms with van der Waals surface area (Å²) in [5.41, 5.74) is 1.12. The molecule has 1 unspecified atom stereocenters. The molecule has 2 saturated heterocycles. The van der Waals surface area contributed by atoms with E-state index in [1.165, 1.54) is 6.20 Å². The van der Waals surface area contributed by atoms with Gasteiger partial charge in [0.25, 0.3) is 5.71 Å². The number of aromatic nitrogens is 2. The molecule has 2 aromatic rings. The van der Waals surface area contributed by atoms with Crippen LogP contribution in [0.4, 0.5) is 0 Å². The van der Waals surface area contributed by atoms with E-state index in [0.29, 0.717) is 36.7 Å². The molecule has 0 bridgehead atoms. The molecule has 10 heteroatoms. The molecule has 144 valence electrons. The zero-order valence-corrected chi connectivity index (χ0v) is 16.4. The minimum Gasteiger partial charge on any atom is -0.336 e. The number of piperazine rings is 1. The van der Waals surface area contributed by atoms with Gasteiger partial charge in [0.1, 0.15) is 4.90 Å². The average Bonchev–Trinajstić information content (AvgIpc) is 3.29. The molecular formula is C16H24ClN5O3S. The second-order valence-electron chi connectivity index (χ2n) is 6.60. The third kappa shape index (κ3) is 3.46. The molecule has 1 atom stereocenters. The zero-order valence-electron chi connectivity index (χ0n) is 14.7. The van der Waals surface area contributed by atoms with Gasteiger partial charge in [-0.25, -0.2) is 13.4 Å². The minimum absolute atomic E-state index is 0. The molecule has 8 nitrogen and oxygen atoms in total. The Morgan fingerprint density at radius 2 is 2.08 bits per heavy atom. The number of aryl methyl sites for hydroxylation is 1. The number of sulfonamides is 1. The first-order valence-corrected chi connectivity index (χ1v) is 10.2. The van der Waals surface area contributed by atoms with Crippen LogP contribution in [0.5, 0.6) is 0 Å². The van der Waals surface area contributed by atoms with Crippen LogP contribution < -0.4 is 5.32 Å². The summed E-state index contributed by atoms with van der Waals surface area (Å²) in [6, 6.07) is 1.95. The molecule has 2 fully saturated rings. The Morgan fingerprint density at radius 1 is 1.31 bits per heavy atom. The van der Waals surface area contributed by atoms with E-state index in [2.05, 4.69) is 20.4 Å². The quantitative estimate of drug-likeness (QED) is 0.812. The van der Waals surface area contributed by atoms with E-state index in [-0.39, 0.29) is 17.3 Å². The summed E-state index contributed by atoms with van der Waals surface area (Å²) >= 11 is 0. The molecule has 0 aliphatic carbocycles. The number of rotatable bonds is 4. The summed E-state index contributed by atoms with van der Waals surface area (Å²) in [5.74, 6) is 0. The van der Waals surface area contributed by atoms with Crippen molar-refractivity contribution in [3.8, 4) is 0 Å². The highest BCUT2D eigenvalue weighted by atomic mass is 35.5. The molecule has 0 radical (unpaired) electrons. The predicted molar refractivity (Wildman–Crippen MR) is 100 cm³/mol. The van der Waals surface area contributed by atoms with Crippen molar-refractivity contribution in [3.05, 3.63) is 18.0 Å².